The first-order valence-electron chi connectivity index (χ1n) is 7.22. The molecule has 0 saturated heterocycles. The summed E-state index contributed by atoms with van der Waals surface area (Å²) in [7, 11) is 0. The first-order valence-corrected chi connectivity index (χ1v) is 7.22. The minimum absolute atomic E-state index is 0.417. The smallest absolute Gasteiger partial charge is 0.259 e. The molecule has 2 atom stereocenters. The molecule has 1 aliphatic rings. The van der Waals surface area contributed by atoms with Crippen LogP contribution in [0.5, 0.6) is 0 Å². The number of nitrogens with one attached hydrogen (secondary N) is 1. The van der Waals surface area contributed by atoms with Gasteiger partial charge in [-0.05, 0) is 24.8 Å². The van der Waals surface area contributed by atoms with Gasteiger partial charge in [-0.3, -0.25) is 0 Å². The second kappa shape index (κ2) is 5.49. The van der Waals surface area contributed by atoms with Crippen molar-refractivity contribution >= 4 is 0 Å². The largest absolute Gasteiger partial charge is 0.352 e. The molecule has 0 aliphatic heterocycles. The van der Waals surface area contributed by atoms with Gasteiger partial charge in [0.1, 0.15) is 11.8 Å². The number of aromatic nitrogens is 3. The molecule has 5 nitrogen and oxygen atoms in total. The Labute approximate surface area is 118 Å². The van der Waals surface area contributed by atoms with E-state index in [1.807, 2.05) is 0 Å². The van der Waals surface area contributed by atoms with Crippen molar-refractivity contribution in [1.82, 2.24) is 15.1 Å². The van der Waals surface area contributed by atoms with Crippen LogP contribution >= 0.6 is 0 Å². The quantitative estimate of drug-likeness (QED) is 0.923. The molecule has 1 aliphatic carbocycles. The highest BCUT2D eigenvalue weighted by Crippen LogP contribution is 2.36. The Hall–Kier alpha value is -2.09. The minimum atomic E-state index is 0.417. The Kier molecular flexibility index (Phi) is 3.55. The van der Waals surface area contributed by atoms with Gasteiger partial charge in [-0.2, -0.15) is 10.2 Å². The lowest BCUT2D eigenvalue weighted by Gasteiger charge is -2.26. The van der Waals surface area contributed by atoms with Gasteiger partial charge in [0.2, 0.25) is 0 Å². The van der Waals surface area contributed by atoms with Gasteiger partial charge in [0.05, 0.1) is 5.56 Å². The highest BCUT2D eigenvalue weighted by atomic mass is 16.5. The number of aromatic amines is 1. The van der Waals surface area contributed by atoms with Crippen LogP contribution in [0.4, 0.5) is 0 Å². The van der Waals surface area contributed by atoms with Crippen molar-refractivity contribution in [2.75, 3.05) is 0 Å². The van der Waals surface area contributed by atoms with Crippen molar-refractivity contribution in [2.24, 2.45) is 5.92 Å². The first kappa shape index (κ1) is 12.9. The van der Waals surface area contributed by atoms with E-state index in [-0.39, 0.29) is 0 Å². The highest BCUT2D eigenvalue weighted by molar-refractivity contribution is 5.54. The molecule has 1 fully saturated rings. The standard InChI is InChI=1S/C15H18N4O/c1-2-10-4-3-5-11(6-10)14-18-15(20-19-14)12-7-13(8-16)17-9-12/h7,9-11,17H,2-6H2,1H3. The average molecular weight is 270 g/mol. The van der Waals surface area contributed by atoms with E-state index in [4.69, 9.17) is 9.78 Å². The number of H-pyrrole nitrogens is 1. The summed E-state index contributed by atoms with van der Waals surface area (Å²) < 4.78 is 5.34. The zero-order chi connectivity index (χ0) is 13.9. The van der Waals surface area contributed by atoms with Gasteiger partial charge in [0, 0.05) is 12.1 Å². The van der Waals surface area contributed by atoms with Gasteiger partial charge in [-0.15, -0.1) is 0 Å². The summed E-state index contributed by atoms with van der Waals surface area (Å²) in [5.41, 5.74) is 1.28. The number of nitriles is 1. The molecule has 2 unspecified atom stereocenters. The summed E-state index contributed by atoms with van der Waals surface area (Å²) >= 11 is 0. The summed E-state index contributed by atoms with van der Waals surface area (Å²) in [5, 5.41) is 13.0. The van der Waals surface area contributed by atoms with E-state index in [0.29, 0.717) is 17.5 Å². The van der Waals surface area contributed by atoms with Crippen LogP contribution in [0.25, 0.3) is 11.5 Å². The third-order valence-electron chi connectivity index (χ3n) is 4.22. The van der Waals surface area contributed by atoms with Gasteiger partial charge in [0.25, 0.3) is 5.89 Å². The molecule has 0 aromatic carbocycles. The van der Waals surface area contributed by atoms with Gasteiger partial charge in [-0.25, -0.2) is 0 Å². The summed E-state index contributed by atoms with van der Waals surface area (Å²) in [4.78, 5) is 7.38. The molecule has 20 heavy (non-hydrogen) atoms. The zero-order valence-electron chi connectivity index (χ0n) is 11.6. The van der Waals surface area contributed by atoms with Crippen LogP contribution in [0, 0.1) is 17.2 Å². The summed E-state index contributed by atoms with van der Waals surface area (Å²) in [5.74, 6) is 2.52. The molecular weight excluding hydrogens is 252 g/mol. The van der Waals surface area contributed by atoms with Crippen molar-refractivity contribution in [3.05, 3.63) is 23.8 Å². The summed E-state index contributed by atoms with van der Waals surface area (Å²) in [6.07, 6.45) is 7.82. The Morgan fingerprint density at radius 1 is 1.50 bits per heavy atom. The van der Waals surface area contributed by atoms with Crippen molar-refractivity contribution in [1.29, 1.82) is 5.26 Å². The number of hydrogen-bond acceptors (Lipinski definition) is 4. The molecule has 2 heterocycles. The van der Waals surface area contributed by atoms with Crippen LogP contribution in [-0.4, -0.2) is 15.1 Å². The lowest BCUT2D eigenvalue weighted by Crippen LogP contribution is -2.14. The molecule has 1 saturated carbocycles. The molecule has 1 N–H and O–H groups in total. The average Bonchev–Trinajstić information content (AvgIpc) is 3.15. The van der Waals surface area contributed by atoms with Crippen LogP contribution in [0.3, 0.4) is 0 Å². The van der Waals surface area contributed by atoms with Crippen LogP contribution in [0.2, 0.25) is 0 Å². The van der Waals surface area contributed by atoms with Gasteiger partial charge in [-0.1, -0.05) is 31.3 Å². The van der Waals surface area contributed by atoms with E-state index in [9.17, 15) is 0 Å². The molecule has 0 bridgehead atoms. The van der Waals surface area contributed by atoms with Gasteiger partial charge < -0.3 is 9.51 Å². The lowest BCUT2D eigenvalue weighted by molar-refractivity contribution is 0.300. The molecule has 5 heteroatoms. The van der Waals surface area contributed by atoms with E-state index in [1.54, 1.807) is 12.3 Å². The fraction of sp³-hybridized carbons (Fsp3) is 0.533. The van der Waals surface area contributed by atoms with Crippen molar-refractivity contribution in [3.63, 3.8) is 0 Å². The van der Waals surface area contributed by atoms with E-state index in [0.717, 1.165) is 30.1 Å². The molecule has 104 valence electrons. The molecule has 0 radical (unpaired) electrons. The minimum Gasteiger partial charge on any atom is -0.352 e. The fourth-order valence-corrected chi connectivity index (χ4v) is 3.00. The fourth-order valence-electron chi connectivity index (χ4n) is 3.00. The van der Waals surface area contributed by atoms with Crippen LogP contribution < -0.4 is 0 Å². The van der Waals surface area contributed by atoms with Crippen LogP contribution in [0.1, 0.15) is 56.5 Å². The predicted octanol–water partition coefficient (Wildman–Crippen LogP) is 3.62. The Bertz CT molecular complexity index is 622. The van der Waals surface area contributed by atoms with Crippen LogP contribution in [0.15, 0.2) is 16.8 Å². The van der Waals surface area contributed by atoms with Crippen molar-refractivity contribution < 1.29 is 4.52 Å². The van der Waals surface area contributed by atoms with Crippen molar-refractivity contribution in [2.45, 2.75) is 44.9 Å². The normalized spacial score (nSPS) is 22.6. The number of rotatable bonds is 3. The topological polar surface area (TPSA) is 78.5 Å². The molecular formula is C15H18N4O. The third kappa shape index (κ3) is 2.46. The molecule has 0 amide bonds. The zero-order valence-corrected chi connectivity index (χ0v) is 11.6. The Morgan fingerprint density at radius 2 is 2.40 bits per heavy atom. The van der Waals surface area contributed by atoms with Gasteiger partial charge >= 0.3 is 0 Å². The van der Waals surface area contributed by atoms with E-state index in [1.165, 1.54) is 19.3 Å². The molecule has 0 spiro atoms. The maximum atomic E-state index is 8.82. The number of hydrogen-bond donors (Lipinski definition) is 1. The second-order valence-electron chi connectivity index (χ2n) is 5.51. The second-order valence-corrected chi connectivity index (χ2v) is 5.51. The maximum absolute atomic E-state index is 8.82. The number of nitrogens with zero attached hydrogens (tertiary/aromatic N) is 3. The predicted molar refractivity (Wildman–Crippen MR) is 73.8 cm³/mol. The molecule has 2 aromatic rings. The Morgan fingerprint density at radius 3 is 3.15 bits per heavy atom. The third-order valence-corrected chi connectivity index (χ3v) is 4.22. The van der Waals surface area contributed by atoms with Gasteiger partial charge in [0.15, 0.2) is 5.82 Å². The Balaban J connectivity index is 1.78. The van der Waals surface area contributed by atoms with E-state index >= 15 is 0 Å². The molecule has 2 aromatic heterocycles. The maximum Gasteiger partial charge on any atom is 0.259 e. The van der Waals surface area contributed by atoms with Crippen molar-refractivity contribution in [3.8, 4) is 17.5 Å². The highest BCUT2D eigenvalue weighted by Gasteiger charge is 2.26. The van der Waals surface area contributed by atoms with E-state index in [2.05, 4.69) is 28.1 Å². The lowest BCUT2D eigenvalue weighted by atomic mass is 9.80. The summed E-state index contributed by atoms with van der Waals surface area (Å²) in [6.45, 7) is 2.25. The SMILES string of the molecule is CCC1CCCC(c2noc(-c3c[nH]c(C#N)c3)n2)C1. The first-order chi connectivity index (χ1) is 9.80. The summed E-state index contributed by atoms with van der Waals surface area (Å²) in [6, 6.07) is 3.78. The van der Waals surface area contributed by atoms with E-state index < -0.39 is 0 Å². The van der Waals surface area contributed by atoms with Crippen LogP contribution in [-0.2, 0) is 0 Å². The monoisotopic (exact) mass is 270 g/mol. The molecule has 3 rings (SSSR count).